The number of methoxy groups -OCH3 is 1. The molecule has 0 fully saturated rings. The first-order valence-electron chi connectivity index (χ1n) is 6.29. The fourth-order valence-corrected chi connectivity index (χ4v) is 2.14. The zero-order chi connectivity index (χ0) is 14.5. The molecule has 1 amide bonds. The minimum absolute atomic E-state index is 0.184. The molecule has 0 saturated carbocycles. The molecule has 0 spiro atoms. The Hall–Kier alpha value is -2.43. The van der Waals surface area contributed by atoms with Crippen LogP contribution >= 0.6 is 0 Å². The zero-order valence-electron chi connectivity index (χ0n) is 11.4. The summed E-state index contributed by atoms with van der Waals surface area (Å²) in [6.07, 6.45) is 0. The number of nitrogens with one attached hydrogen (secondary N) is 1. The monoisotopic (exact) mass is 272 g/mol. The second-order valence-electron chi connectivity index (χ2n) is 4.49. The molecule has 0 aliphatic rings. The van der Waals surface area contributed by atoms with Crippen LogP contribution in [0.5, 0.6) is 5.75 Å². The standard InChI is InChI=1S/C15H16N2O3/c1-10(18)16-9-15(17-19)13-5-3-4-11-6-7-12(20-2)8-14(11)13/h3-8,15H,9H2,1-2H3,(H,16,18). The van der Waals surface area contributed by atoms with E-state index in [-0.39, 0.29) is 12.5 Å². The van der Waals surface area contributed by atoms with Crippen LogP contribution in [0.4, 0.5) is 0 Å². The first-order chi connectivity index (χ1) is 9.65. The van der Waals surface area contributed by atoms with E-state index < -0.39 is 6.04 Å². The number of rotatable bonds is 5. The lowest BCUT2D eigenvalue weighted by Gasteiger charge is -2.13. The lowest BCUT2D eigenvalue weighted by atomic mass is 9.99. The van der Waals surface area contributed by atoms with E-state index in [2.05, 4.69) is 10.5 Å². The maximum absolute atomic E-state index is 11.1. The molecule has 2 aromatic rings. The highest BCUT2D eigenvalue weighted by molar-refractivity contribution is 5.87. The van der Waals surface area contributed by atoms with Gasteiger partial charge in [0.25, 0.3) is 0 Å². The summed E-state index contributed by atoms with van der Waals surface area (Å²) in [6.45, 7) is 1.60. The van der Waals surface area contributed by atoms with Crippen LogP contribution in [0.2, 0.25) is 0 Å². The molecule has 2 rings (SSSR count). The van der Waals surface area contributed by atoms with Gasteiger partial charge in [0.1, 0.15) is 11.8 Å². The third-order valence-electron chi connectivity index (χ3n) is 3.15. The van der Waals surface area contributed by atoms with Gasteiger partial charge in [-0.15, -0.1) is 0 Å². The molecule has 0 heterocycles. The Morgan fingerprint density at radius 1 is 1.35 bits per heavy atom. The Bertz CT molecular complexity index is 640. The Balaban J connectivity index is 2.45. The van der Waals surface area contributed by atoms with Crippen LogP contribution in [-0.4, -0.2) is 19.6 Å². The highest BCUT2D eigenvalue weighted by Crippen LogP contribution is 2.29. The van der Waals surface area contributed by atoms with Gasteiger partial charge < -0.3 is 10.1 Å². The Morgan fingerprint density at radius 2 is 2.15 bits per heavy atom. The highest BCUT2D eigenvalue weighted by Gasteiger charge is 2.15. The average Bonchev–Trinajstić information content (AvgIpc) is 2.47. The first kappa shape index (κ1) is 14.0. The topological polar surface area (TPSA) is 67.8 Å². The van der Waals surface area contributed by atoms with Gasteiger partial charge in [-0.1, -0.05) is 29.4 Å². The van der Waals surface area contributed by atoms with Crippen molar-refractivity contribution in [2.24, 2.45) is 5.18 Å². The molecule has 2 aromatic carbocycles. The molecule has 1 atom stereocenters. The van der Waals surface area contributed by atoms with Crippen LogP contribution < -0.4 is 10.1 Å². The summed E-state index contributed by atoms with van der Waals surface area (Å²) in [4.78, 5) is 22.1. The number of benzene rings is 2. The van der Waals surface area contributed by atoms with Crippen LogP contribution in [-0.2, 0) is 4.79 Å². The molecule has 1 N–H and O–H groups in total. The van der Waals surface area contributed by atoms with E-state index in [0.29, 0.717) is 5.75 Å². The predicted octanol–water partition coefficient (Wildman–Crippen LogP) is 2.79. The van der Waals surface area contributed by atoms with Crippen molar-refractivity contribution in [1.82, 2.24) is 5.32 Å². The summed E-state index contributed by atoms with van der Waals surface area (Å²) in [6, 6.07) is 10.7. The summed E-state index contributed by atoms with van der Waals surface area (Å²) in [7, 11) is 1.59. The zero-order valence-corrected chi connectivity index (χ0v) is 11.4. The largest absolute Gasteiger partial charge is 0.497 e. The van der Waals surface area contributed by atoms with Crippen molar-refractivity contribution < 1.29 is 9.53 Å². The number of carbonyl (C=O) groups is 1. The fourth-order valence-electron chi connectivity index (χ4n) is 2.14. The molecule has 5 heteroatoms. The van der Waals surface area contributed by atoms with Gasteiger partial charge in [0, 0.05) is 13.5 Å². The van der Waals surface area contributed by atoms with E-state index in [1.807, 2.05) is 36.4 Å². The Labute approximate surface area is 116 Å². The third-order valence-corrected chi connectivity index (χ3v) is 3.15. The van der Waals surface area contributed by atoms with Crippen LogP contribution in [0.25, 0.3) is 10.8 Å². The number of hydrogen-bond donors (Lipinski definition) is 1. The third kappa shape index (κ3) is 2.93. The number of nitroso groups, excluding NO2 is 1. The van der Waals surface area contributed by atoms with E-state index in [1.54, 1.807) is 7.11 Å². The number of amides is 1. The quantitative estimate of drug-likeness (QED) is 0.851. The van der Waals surface area contributed by atoms with Gasteiger partial charge in [0.2, 0.25) is 5.91 Å². The molecular formula is C15H16N2O3. The summed E-state index contributed by atoms with van der Waals surface area (Å²) in [5.74, 6) is 0.533. The summed E-state index contributed by atoms with van der Waals surface area (Å²) >= 11 is 0. The minimum Gasteiger partial charge on any atom is -0.497 e. The second kappa shape index (κ2) is 6.14. The van der Waals surface area contributed by atoms with E-state index in [0.717, 1.165) is 16.3 Å². The predicted molar refractivity (Wildman–Crippen MR) is 77.7 cm³/mol. The van der Waals surface area contributed by atoms with Crippen molar-refractivity contribution in [2.45, 2.75) is 13.0 Å². The van der Waals surface area contributed by atoms with E-state index in [9.17, 15) is 9.70 Å². The molecule has 20 heavy (non-hydrogen) atoms. The Morgan fingerprint density at radius 3 is 2.80 bits per heavy atom. The van der Waals surface area contributed by atoms with Gasteiger partial charge in [0.05, 0.1) is 7.11 Å². The molecular weight excluding hydrogens is 256 g/mol. The number of fused-ring (bicyclic) bond motifs is 1. The highest BCUT2D eigenvalue weighted by atomic mass is 16.5. The van der Waals surface area contributed by atoms with Crippen LogP contribution in [0.15, 0.2) is 41.6 Å². The van der Waals surface area contributed by atoms with Crippen molar-refractivity contribution in [3.8, 4) is 5.75 Å². The number of nitrogens with zero attached hydrogens (tertiary/aromatic N) is 1. The van der Waals surface area contributed by atoms with Gasteiger partial charge >= 0.3 is 0 Å². The lowest BCUT2D eigenvalue weighted by molar-refractivity contribution is -0.119. The van der Waals surface area contributed by atoms with Crippen molar-refractivity contribution in [2.75, 3.05) is 13.7 Å². The minimum atomic E-state index is -0.616. The Kier molecular flexibility index (Phi) is 4.30. The normalized spacial score (nSPS) is 11.9. The van der Waals surface area contributed by atoms with Crippen molar-refractivity contribution >= 4 is 16.7 Å². The van der Waals surface area contributed by atoms with Gasteiger partial charge in [-0.3, -0.25) is 4.79 Å². The smallest absolute Gasteiger partial charge is 0.216 e. The van der Waals surface area contributed by atoms with E-state index in [4.69, 9.17) is 4.74 Å². The van der Waals surface area contributed by atoms with E-state index in [1.165, 1.54) is 6.92 Å². The van der Waals surface area contributed by atoms with Crippen LogP contribution in [0, 0.1) is 4.91 Å². The molecule has 0 aliphatic heterocycles. The SMILES string of the molecule is COc1ccc2cccc(C(CNC(C)=O)N=O)c2c1. The first-order valence-corrected chi connectivity index (χ1v) is 6.29. The molecule has 1 unspecified atom stereocenters. The molecule has 0 aliphatic carbocycles. The van der Waals surface area contributed by atoms with Crippen LogP contribution in [0.3, 0.4) is 0 Å². The maximum Gasteiger partial charge on any atom is 0.216 e. The fraction of sp³-hybridized carbons (Fsp3) is 0.267. The summed E-state index contributed by atoms with van der Waals surface area (Å²) < 4.78 is 5.21. The van der Waals surface area contributed by atoms with E-state index >= 15 is 0 Å². The summed E-state index contributed by atoms with van der Waals surface area (Å²) in [5, 5.41) is 7.66. The van der Waals surface area contributed by atoms with Crippen molar-refractivity contribution in [3.63, 3.8) is 0 Å². The molecule has 0 radical (unpaired) electrons. The number of carbonyl (C=O) groups excluding carboxylic acids is 1. The van der Waals surface area contributed by atoms with Gasteiger partial charge in [-0.2, -0.15) is 4.91 Å². The molecule has 0 bridgehead atoms. The van der Waals surface area contributed by atoms with Gasteiger partial charge in [-0.05, 0) is 28.5 Å². The second-order valence-corrected chi connectivity index (χ2v) is 4.49. The van der Waals surface area contributed by atoms with Gasteiger partial charge in [0.15, 0.2) is 0 Å². The number of ether oxygens (including phenoxy) is 1. The van der Waals surface area contributed by atoms with Crippen molar-refractivity contribution in [3.05, 3.63) is 46.9 Å². The molecule has 5 nitrogen and oxygen atoms in total. The average molecular weight is 272 g/mol. The van der Waals surface area contributed by atoms with Crippen molar-refractivity contribution in [1.29, 1.82) is 0 Å². The molecule has 104 valence electrons. The number of hydrogen-bond acceptors (Lipinski definition) is 4. The van der Waals surface area contributed by atoms with Crippen LogP contribution in [0.1, 0.15) is 18.5 Å². The lowest BCUT2D eigenvalue weighted by Crippen LogP contribution is -2.25. The summed E-state index contributed by atoms with van der Waals surface area (Å²) in [5.41, 5.74) is 0.783. The van der Waals surface area contributed by atoms with Gasteiger partial charge in [-0.25, -0.2) is 0 Å². The maximum atomic E-state index is 11.1. The molecule has 0 aromatic heterocycles. The molecule has 0 saturated heterocycles.